The van der Waals surface area contributed by atoms with E-state index in [0.717, 1.165) is 0 Å². The van der Waals surface area contributed by atoms with Crippen LogP contribution < -0.4 is 10.2 Å². The zero-order valence-corrected chi connectivity index (χ0v) is 21.3. The van der Waals surface area contributed by atoms with Gasteiger partial charge in [-0.1, -0.05) is 13.8 Å². The Morgan fingerprint density at radius 1 is 0.667 bits per heavy atom. The van der Waals surface area contributed by atoms with Gasteiger partial charge < -0.3 is 30.0 Å². The zero-order chi connectivity index (χ0) is 27.0. The third-order valence-corrected chi connectivity index (χ3v) is 2.58. The molecule has 33 heavy (non-hydrogen) atoms. The van der Waals surface area contributed by atoms with Crippen LogP contribution in [0, 0.1) is 11.8 Å². The summed E-state index contributed by atoms with van der Waals surface area (Å²) in [6, 6.07) is 0. The number of carbonyl (C=O) groups is 4. The predicted molar refractivity (Wildman–Crippen MR) is 94.4 cm³/mol. The van der Waals surface area contributed by atoms with Crippen LogP contribution in [0.25, 0.3) is 0 Å². The smallest absolute Gasteiger partial charge is 0.549 e. The molecule has 2 N–H and O–H groups in total. The molecule has 0 amide bonds. The standard InChI is InChI=1S/2C6H7F3O3.2C3H8O.Zr/c2*1-2-3(5(11)12)4(10)6(7,8)9;2*1-3(2)4;/h2*3H,2H2,1H3,(H,11,12);2*3-4H,1-2H3;/q;;;;+2/p-2. The van der Waals surface area contributed by atoms with Gasteiger partial charge in [-0.2, -0.15) is 26.3 Å². The van der Waals surface area contributed by atoms with Gasteiger partial charge >= 0.3 is 38.6 Å². The molecule has 0 aliphatic heterocycles. The van der Waals surface area contributed by atoms with Gasteiger partial charge in [-0.25, -0.2) is 0 Å². The molecular formula is C18H28F6O8Zr. The fourth-order valence-electron chi connectivity index (χ4n) is 1.31. The number of Topliss-reactive ketones (excluding diaryl/α,β-unsaturated/α-hetero) is 2. The van der Waals surface area contributed by atoms with Crippen LogP contribution in [0.15, 0.2) is 0 Å². The molecule has 0 heterocycles. The number of hydrogen-bond donors (Lipinski definition) is 2. The first kappa shape index (κ1) is 41.9. The molecule has 8 nitrogen and oxygen atoms in total. The Bertz CT molecular complexity index is 522. The third kappa shape index (κ3) is 26.8. The second-order valence-electron chi connectivity index (χ2n) is 6.47. The van der Waals surface area contributed by atoms with Gasteiger partial charge in [-0.05, 0) is 40.5 Å². The minimum atomic E-state index is -5.10. The molecule has 0 spiro atoms. The van der Waals surface area contributed by atoms with Crippen molar-refractivity contribution in [3.63, 3.8) is 0 Å². The first-order valence-corrected chi connectivity index (χ1v) is 9.07. The van der Waals surface area contributed by atoms with E-state index >= 15 is 0 Å². The molecule has 15 heteroatoms. The van der Waals surface area contributed by atoms with Crippen LogP contribution in [0.1, 0.15) is 54.4 Å². The quantitative estimate of drug-likeness (QED) is 0.343. The van der Waals surface area contributed by atoms with E-state index in [-0.39, 0.29) is 38.4 Å². The van der Waals surface area contributed by atoms with Gasteiger partial charge in [0.05, 0.1) is 23.8 Å². The molecule has 0 aromatic carbocycles. The van der Waals surface area contributed by atoms with E-state index in [9.17, 15) is 55.7 Å². The Kier molecular flexibility index (Phi) is 25.5. The number of halogens is 6. The van der Waals surface area contributed by atoms with Gasteiger partial charge in [-0.3, -0.25) is 9.59 Å². The maximum atomic E-state index is 11.6. The van der Waals surface area contributed by atoms with Gasteiger partial charge in [0.15, 0.2) is 0 Å². The van der Waals surface area contributed by atoms with Crippen LogP contribution in [-0.4, -0.2) is 58.3 Å². The zero-order valence-electron chi connectivity index (χ0n) is 18.8. The monoisotopic (exact) mass is 576 g/mol. The Morgan fingerprint density at radius 3 is 0.848 bits per heavy atom. The molecule has 0 aliphatic carbocycles. The van der Waals surface area contributed by atoms with Crippen LogP contribution in [0.2, 0.25) is 0 Å². The van der Waals surface area contributed by atoms with Crippen molar-refractivity contribution >= 4 is 23.5 Å². The van der Waals surface area contributed by atoms with E-state index in [0.29, 0.717) is 0 Å². The third-order valence-electron chi connectivity index (χ3n) is 2.58. The van der Waals surface area contributed by atoms with Crippen molar-refractivity contribution in [3.05, 3.63) is 0 Å². The van der Waals surface area contributed by atoms with Crippen LogP contribution in [0.5, 0.6) is 0 Å². The molecule has 0 aromatic heterocycles. The topological polar surface area (TPSA) is 155 Å². The minimum Gasteiger partial charge on any atom is -0.549 e. The molecule has 0 aliphatic rings. The van der Waals surface area contributed by atoms with E-state index in [4.69, 9.17) is 10.2 Å². The summed E-state index contributed by atoms with van der Waals surface area (Å²) in [5, 5.41) is 36.1. The van der Waals surface area contributed by atoms with Gasteiger partial charge in [0, 0.05) is 12.2 Å². The first-order chi connectivity index (χ1) is 14.1. The van der Waals surface area contributed by atoms with Crippen LogP contribution in [0.4, 0.5) is 26.3 Å². The van der Waals surface area contributed by atoms with Crippen molar-refractivity contribution in [2.24, 2.45) is 11.8 Å². The fraction of sp³-hybridized carbons (Fsp3) is 0.778. The molecule has 0 saturated heterocycles. The maximum absolute atomic E-state index is 11.6. The maximum Gasteiger partial charge on any atom is 2.00 e. The predicted octanol–water partition coefficient (Wildman–Crippen LogP) is 0.559. The summed E-state index contributed by atoms with van der Waals surface area (Å²) < 4.78 is 69.6. The number of carboxylic acid groups (broad SMARTS) is 2. The molecule has 0 rings (SSSR count). The van der Waals surface area contributed by atoms with Crippen molar-refractivity contribution < 1.29 is 92.2 Å². The molecule has 2 unspecified atom stereocenters. The first-order valence-electron chi connectivity index (χ1n) is 9.07. The van der Waals surface area contributed by atoms with E-state index in [1.807, 2.05) is 0 Å². The largest absolute Gasteiger partial charge is 2.00 e. The van der Waals surface area contributed by atoms with Gasteiger partial charge in [0.25, 0.3) is 0 Å². The second-order valence-corrected chi connectivity index (χ2v) is 6.47. The summed E-state index contributed by atoms with van der Waals surface area (Å²) in [5.41, 5.74) is 0. The number of carbonyl (C=O) groups excluding carboxylic acids is 4. The number of carboxylic acids is 2. The number of aliphatic hydroxyl groups excluding tert-OH is 2. The van der Waals surface area contributed by atoms with Crippen molar-refractivity contribution in [2.45, 2.75) is 78.9 Å². The molecule has 0 bridgehead atoms. The second kappa shape index (κ2) is 20.1. The Hall–Kier alpha value is -1.34. The SMILES string of the molecule is CC(C)O.CC(C)O.CCC(C(=O)[O-])C(=O)C(F)(F)F.CCC(C(=O)[O-])C(=O)C(F)(F)F.[Zr+2]. The summed E-state index contributed by atoms with van der Waals surface area (Å²) in [7, 11) is 0. The number of ketones is 2. The average molecular weight is 578 g/mol. The van der Waals surface area contributed by atoms with Crippen molar-refractivity contribution in [1.29, 1.82) is 0 Å². The molecule has 0 fully saturated rings. The van der Waals surface area contributed by atoms with Crippen LogP contribution in [-0.2, 0) is 45.4 Å². The normalized spacial score (nSPS) is 12.4. The summed E-state index contributed by atoms with van der Waals surface area (Å²) in [6.45, 7) is 9.23. The number of alkyl halides is 6. The van der Waals surface area contributed by atoms with Gasteiger partial charge in [0.1, 0.15) is 0 Å². The molecule has 0 saturated carbocycles. The van der Waals surface area contributed by atoms with E-state index in [2.05, 4.69) is 0 Å². The van der Waals surface area contributed by atoms with Crippen LogP contribution >= 0.6 is 0 Å². The van der Waals surface area contributed by atoms with Gasteiger partial charge in [0.2, 0.25) is 11.6 Å². The Balaban J connectivity index is -0.000000117. The molecule has 0 radical (unpaired) electrons. The number of rotatable bonds is 6. The number of hydrogen-bond acceptors (Lipinski definition) is 8. The summed E-state index contributed by atoms with van der Waals surface area (Å²) >= 11 is 0. The summed E-state index contributed by atoms with van der Waals surface area (Å²) in [5.74, 6) is -12.6. The molecule has 0 aromatic rings. The fourth-order valence-corrected chi connectivity index (χ4v) is 1.31. The molecular weight excluding hydrogens is 549 g/mol. The Labute approximate surface area is 206 Å². The summed E-state index contributed by atoms with van der Waals surface area (Å²) in [4.78, 5) is 40.6. The van der Waals surface area contributed by atoms with Crippen molar-refractivity contribution in [3.8, 4) is 0 Å². The van der Waals surface area contributed by atoms with E-state index < -0.39 is 60.5 Å². The summed E-state index contributed by atoms with van der Waals surface area (Å²) in [6.07, 6.45) is -11.4. The van der Waals surface area contributed by atoms with E-state index in [1.54, 1.807) is 27.7 Å². The Morgan fingerprint density at radius 2 is 0.818 bits per heavy atom. The van der Waals surface area contributed by atoms with Crippen LogP contribution in [0.3, 0.4) is 0 Å². The molecule has 194 valence electrons. The van der Waals surface area contributed by atoms with E-state index in [1.165, 1.54) is 13.8 Å². The average Bonchev–Trinajstić information content (AvgIpc) is 2.53. The van der Waals surface area contributed by atoms with Crippen molar-refractivity contribution in [2.75, 3.05) is 0 Å². The molecule has 2 atom stereocenters. The number of aliphatic hydroxyl groups is 2. The van der Waals surface area contributed by atoms with Gasteiger partial charge in [-0.15, -0.1) is 0 Å². The minimum absolute atomic E-state index is 0. The number of aliphatic carboxylic acids is 2. The van der Waals surface area contributed by atoms with Crippen molar-refractivity contribution in [1.82, 2.24) is 0 Å².